The van der Waals surface area contributed by atoms with E-state index in [1.54, 1.807) is 12.3 Å². The van der Waals surface area contributed by atoms with Gasteiger partial charge in [0.1, 0.15) is 5.75 Å². The third kappa shape index (κ3) is 2.40. The number of aromatic hydroxyl groups is 1. The van der Waals surface area contributed by atoms with Crippen LogP contribution < -0.4 is 0 Å². The number of benzene rings is 2. The molecule has 19 heavy (non-hydrogen) atoms. The van der Waals surface area contributed by atoms with E-state index in [0.29, 0.717) is 11.4 Å². The molecule has 0 saturated heterocycles. The zero-order valence-corrected chi connectivity index (χ0v) is 10.9. The second-order valence-electron chi connectivity index (χ2n) is 4.45. The molecule has 3 aromatic rings. The fourth-order valence-electron chi connectivity index (χ4n) is 2.14. The summed E-state index contributed by atoms with van der Waals surface area (Å²) in [5.74, 6) is 0.278. The number of fused-ring (bicyclic) bond motifs is 1. The van der Waals surface area contributed by atoms with Gasteiger partial charge in [-0.25, -0.2) is 0 Å². The minimum Gasteiger partial charge on any atom is -0.508 e. The maximum atomic E-state index is 10.1. The predicted octanol–water partition coefficient (Wildman–Crippen LogP) is 4.18. The van der Waals surface area contributed by atoms with Gasteiger partial charge in [0.05, 0.1) is 5.52 Å². The third-order valence-electron chi connectivity index (χ3n) is 3.14. The molecule has 0 unspecified atom stereocenters. The first-order valence-electron chi connectivity index (χ1n) is 6.04. The molecule has 0 saturated carbocycles. The molecule has 1 N–H and O–H groups in total. The molecule has 0 spiro atoms. The number of nitrogens with zero attached hydrogens (tertiary/aromatic N) is 1. The van der Waals surface area contributed by atoms with Gasteiger partial charge in [-0.15, -0.1) is 0 Å². The Hall–Kier alpha value is -2.06. The molecule has 0 fully saturated rings. The van der Waals surface area contributed by atoms with Crippen molar-refractivity contribution in [2.45, 2.75) is 6.42 Å². The number of aromatic nitrogens is 1. The molecule has 2 aromatic carbocycles. The van der Waals surface area contributed by atoms with Crippen molar-refractivity contribution in [2.24, 2.45) is 0 Å². The van der Waals surface area contributed by atoms with Crippen LogP contribution in [0.4, 0.5) is 0 Å². The summed E-state index contributed by atoms with van der Waals surface area (Å²) in [5, 5.41) is 11.7. The first kappa shape index (κ1) is 12.0. The van der Waals surface area contributed by atoms with Crippen molar-refractivity contribution in [2.75, 3.05) is 0 Å². The van der Waals surface area contributed by atoms with Crippen molar-refractivity contribution in [3.63, 3.8) is 0 Å². The molecular weight excluding hydrogens is 258 g/mol. The lowest BCUT2D eigenvalue weighted by Crippen LogP contribution is -1.91. The number of phenols is 1. The van der Waals surface area contributed by atoms with Crippen molar-refractivity contribution in [3.05, 3.63) is 70.9 Å². The van der Waals surface area contributed by atoms with Crippen molar-refractivity contribution in [3.8, 4) is 5.75 Å². The van der Waals surface area contributed by atoms with Gasteiger partial charge in [0.2, 0.25) is 0 Å². The van der Waals surface area contributed by atoms with Crippen LogP contribution in [0.25, 0.3) is 10.9 Å². The van der Waals surface area contributed by atoms with Gasteiger partial charge in [-0.2, -0.15) is 0 Å². The van der Waals surface area contributed by atoms with Crippen molar-refractivity contribution in [1.82, 2.24) is 4.98 Å². The highest BCUT2D eigenvalue weighted by molar-refractivity contribution is 6.31. The van der Waals surface area contributed by atoms with E-state index in [1.807, 2.05) is 42.5 Å². The average molecular weight is 270 g/mol. The molecule has 1 aromatic heterocycles. The fourth-order valence-corrected chi connectivity index (χ4v) is 2.34. The smallest absolute Gasteiger partial charge is 0.119 e. The predicted molar refractivity (Wildman–Crippen MR) is 77.7 cm³/mol. The minimum atomic E-state index is 0.278. The number of pyridine rings is 1. The lowest BCUT2D eigenvalue weighted by Gasteiger charge is -2.08. The molecule has 3 rings (SSSR count). The van der Waals surface area contributed by atoms with Crippen LogP contribution in [0.3, 0.4) is 0 Å². The van der Waals surface area contributed by atoms with Crippen LogP contribution >= 0.6 is 11.6 Å². The summed E-state index contributed by atoms with van der Waals surface area (Å²) in [6.45, 7) is 0. The van der Waals surface area contributed by atoms with Gasteiger partial charge in [0.25, 0.3) is 0 Å². The zero-order chi connectivity index (χ0) is 13.2. The van der Waals surface area contributed by atoms with E-state index in [0.717, 1.165) is 22.0 Å². The number of halogens is 1. The molecule has 0 amide bonds. The van der Waals surface area contributed by atoms with Crippen LogP contribution in [-0.2, 0) is 6.42 Å². The summed E-state index contributed by atoms with van der Waals surface area (Å²) in [7, 11) is 0. The van der Waals surface area contributed by atoms with E-state index >= 15 is 0 Å². The summed E-state index contributed by atoms with van der Waals surface area (Å²) in [4.78, 5) is 4.30. The van der Waals surface area contributed by atoms with E-state index in [4.69, 9.17) is 11.6 Å². The highest BCUT2D eigenvalue weighted by Crippen LogP contribution is 2.27. The monoisotopic (exact) mass is 269 g/mol. The Morgan fingerprint density at radius 3 is 2.68 bits per heavy atom. The van der Waals surface area contributed by atoms with Crippen LogP contribution in [0.1, 0.15) is 11.1 Å². The van der Waals surface area contributed by atoms with Crippen LogP contribution in [0, 0.1) is 0 Å². The van der Waals surface area contributed by atoms with E-state index in [9.17, 15) is 5.11 Å². The average Bonchev–Trinajstić information content (AvgIpc) is 2.42. The Kier molecular flexibility index (Phi) is 3.10. The van der Waals surface area contributed by atoms with Crippen LogP contribution in [-0.4, -0.2) is 10.1 Å². The number of rotatable bonds is 2. The van der Waals surface area contributed by atoms with Crippen molar-refractivity contribution < 1.29 is 5.11 Å². The fraction of sp³-hybridized carbons (Fsp3) is 0.0625. The zero-order valence-electron chi connectivity index (χ0n) is 10.2. The quantitative estimate of drug-likeness (QED) is 0.757. The maximum Gasteiger partial charge on any atom is 0.119 e. The molecule has 2 nitrogen and oxygen atoms in total. The first-order chi connectivity index (χ1) is 9.24. The Morgan fingerprint density at radius 2 is 1.84 bits per heavy atom. The molecule has 1 heterocycles. The minimum absolute atomic E-state index is 0.278. The van der Waals surface area contributed by atoms with Gasteiger partial charge in [-0.05, 0) is 29.8 Å². The lowest BCUT2D eigenvalue weighted by molar-refractivity contribution is 0.470. The standard InChI is InChI=1S/C16H12ClNO/c17-14-6-2-1-4-11(14)8-13-9-15-12(10-16(13)19)5-3-7-18-15/h1-7,9-10,19H,8H2. The highest BCUT2D eigenvalue weighted by atomic mass is 35.5. The summed E-state index contributed by atoms with van der Waals surface area (Å²) in [6, 6.07) is 15.1. The van der Waals surface area contributed by atoms with Gasteiger partial charge >= 0.3 is 0 Å². The highest BCUT2D eigenvalue weighted by Gasteiger charge is 2.07. The van der Waals surface area contributed by atoms with E-state index in [2.05, 4.69) is 4.98 Å². The Balaban J connectivity index is 2.06. The van der Waals surface area contributed by atoms with E-state index in [1.165, 1.54) is 0 Å². The molecule has 0 bridgehead atoms. The molecule has 0 radical (unpaired) electrons. The molecule has 0 aliphatic rings. The second kappa shape index (κ2) is 4.90. The number of phenolic OH excluding ortho intramolecular Hbond substituents is 1. The topological polar surface area (TPSA) is 33.1 Å². The van der Waals surface area contributed by atoms with Crippen molar-refractivity contribution >= 4 is 22.5 Å². The Bertz CT molecular complexity index is 740. The molecule has 0 aliphatic heterocycles. The van der Waals surface area contributed by atoms with Crippen molar-refractivity contribution in [1.29, 1.82) is 0 Å². The Labute approximate surface area is 116 Å². The molecular formula is C16H12ClNO. The largest absolute Gasteiger partial charge is 0.508 e. The summed E-state index contributed by atoms with van der Waals surface area (Å²) < 4.78 is 0. The summed E-state index contributed by atoms with van der Waals surface area (Å²) >= 11 is 6.15. The maximum absolute atomic E-state index is 10.1. The third-order valence-corrected chi connectivity index (χ3v) is 3.51. The van der Waals surface area contributed by atoms with Gasteiger partial charge < -0.3 is 5.11 Å². The summed E-state index contributed by atoms with van der Waals surface area (Å²) in [6.07, 6.45) is 2.34. The number of hydrogen-bond acceptors (Lipinski definition) is 2. The van der Waals surface area contributed by atoms with E-state index < -0.39 is 0 Å². The van der Waals surface area contributed by atoms with Gasteiger partial charge in [0, 0.05) is 28.6 Å². The van der Waals surface area contributed by atoms with Crippen LogP contribution in [0.2, 0.25) is 5.02 Å². The normalized spacial score (nSPS) is 10.8. The van der Waals surface area contributed by atoms with E-state index in [-0.39, 0.29) is 5.75 Å². The van der Waals surface area contributed by atoms with Crippen LogP contribution in [0.5, 0.6) is 5.75 Å². The molecule has 0 atom stereocenters. The lowest BCUT2D eigenvalue weighted by atomic mass is 10.0. The molecule has 94 valence electrons. The van der Waals surface area contributed by atoms with Gasteiger partial charge in [0.15, 0.2) is 0 Å². The first-order valence-corrected chi connectivity index (χ1v) is 6.42. The molecule has 0 aliphatic carbocycles. The van der Waals surface area contributed by atoms with Gasteiger partial charge in [-0.3, -0.25) is 4.98 Å². The Morgan fingerprint density at radius 1 is 1.00 bits per heavy atom. The molecule has 3 heteroatoms. The second-order valence-corrected chi connectivity index (χ2v) is 4.85. The SMILES string of the molecule is Oc1cc2cccnc2cc1Cc1ccccc1Cl. The van der Waals surface area contributed by atoms with Gasteiger partial charge in [-0.1, -0.05) is 35.9 Å². The number of hydrogen-bond donors (Lipinski definition) is 1. The van der Waals surface area contributed by atoms with Crippen LogP contribution in [0.15, 0.2) is 54.7 Å². The summed E-state index contributed by atoms with van der Waals surface area (Å²) in [5.41, 5.74) is 2.71.